The van der Waals surface area contributed by atoms with Crippen LogP contribution < -0.4 is 5.32 Å². The first-order valence-corrected chi connectivity index (χ1v) is 6.76. The molecule has 0 aromatic heterocycles. The van der Waals surface area contributed by atoms with Crippen LogP contribution in [0.2, 0.25) is 0 Å². The molecule has 102 valence electrons. The van der Waals surface area contributed by atoms with Crippen molar-refractivity contribution in [3.8, 4) is 6.07 Å². The summed E-state index contributed by atoms with van der Waals surface area (Å²) in [5.74, 6) is -0.813. The molecular formula is C15H18F2N2. The van der Waals surface area contributed by atoms with E-state index in [0.29, 0.717) is 24.6 Å². The molecule has 0 aliphatic heterocycles. The molecule has 0 amide bonds. The summed E-state index contributed by atoms with van der Waals surface area (Å²) in [5.41, 5.74) is 0.541. The van der Waals surface area contributed by atoms with E-state index in [9.17, 15) is 8.78 Å². The van der Waals surface area contributed by atoms with Gasteiger partial charge in [0.15, 0.2) is 0 Å². The molecule has 1 N–H and O–H groups in total. The van der Waals surface area contributed by atoms with Gasteiger partial charge in [-0.15, -0.1) is 0 Å². The topological polar surface area (TPSA) is 35.8 Å². The van der Waals surface area contributed by atoms with Crippen LogP contribution in [0.3, 0.4) is 0 Å². The lowest BCUT2D eigenvalue weighted by molar-refractivity contribution is 0.333. The Bertz CT molecular complexity index is 460. The smallest absolute Gasteiger partial charge is 0.129 e. The maximum atomic E-state index is 13.4. The number of hydrogen-bond acceptors (Lipinski definition) is 2. The molecule has 19 heavy (non-hydrogen) atoms. The predicted octanol–water partition coefficient (Wildman–Crippen LogP) is 3.18. The average molecular weight is 264 g/mol. The Morgan fingerprint density at radius 2 is 1.95 bits per heavy atom. The van der Waals surface area contributed by atoms with Gasteiger partial charge in [0.1, 0.15) is 11.6 Å². The lowest BCUT2D eigenvalue weighted by Gasteiger charge is -2.25. The highest BCUT2D eigenvalue weighted by atomic mass is 19.1. The van der Waals surface area contributed by atoms with Gasteiger partial charge in [-0.3, -0.25) is 0 Å². The van der Waals surface area contributed by atoms with Crippen LogP contribution in [0, 0.1) is 28.9 Å². The molecule has 0 saturated heterocycles. The van der Waals surface area contributed by atoms with Crippen LogP contribution in [0.4, 0.5) is 8.78 Å². The number of hydrogen-bond donors (Lipinski definition) is 1. The summed E-state index contributed by atoms with van der Waals surface area (Å²) in [7, 11) is 0. The average Bonchev–Trinajstić information content (AvgIpc) is 2.42. The molecule has 1 saturated carbocycles. The monoisotopic (exact) mass is 264 g/mol. The number of rotatable bonds is 4. The number of nitrogens with zero attached hydrogens (tertiary/aromatic N) is 1. The van der Waals surface area contributed by atoms with E-state index >= 15 is 0 Å². The quantitative estimate of drug-likeness (QED) is 0.906. The molecule has 1 aliphatic rings. The summed E-state index contributed by atoms with van der Waals surface area (Å²) in [4.78, 5) is 0. The van der Waals surface area contributed by atoms with E-state index in [1.165, 1.54) is 12.1 Å². The third kappa shape index (κ3) is 4.00. The molecule has 2 rings (SSSR count). The van der Waals surface area contributed by atoms with Gasteiger partial charge in [0, 0.05) is 18.0 Å². The molecule has 0 unspecified atom stereocenters. The van der Waals surface area contributed by atoms with E-state index in [1.807, 2.05) is 0 Å². The lowest BCUT2D eigenvalue weighted by atomic mass is 9.87. The Morgan fingerprint density at radius 1 is 1.21 bits per heavy atom. The fourth-order valence-corrected chi connectivity index (χ4v) is 2.56. The third-order valence-electron chi connectivity index (χ3n) is 3.75. The van der Waals surface area contributed by atoms with Crippen molar-refractivity contribution in [2.24, 2.45) is 5.92 Å². The first-order chi connectivity index (χ1) is 9.19. The van der Waals surface area contributed by atoms with Crippen LogP contribution >= 0.6 is 0 Å². The second-order valence-electron chi connectivity index (χ2n) is 5.12. The van der Waals surface area contributed by atoms with Crippen LogP contribution in [0.5, 0.6) is 0 Å². The minimum Gasteiger partial charge on any atom is -0.314 e. The first-order valence-electron chi connectivity index (χ1n) is 6.76. The summed E-state index contributed by atoms with van der Waals surface area (Å²) in [5, 5.41) is 12.2. The summed E-state index contributed by atoms with van der Waals surface area (Å²) in [6, 6.07) is 6.44. The van der Waals surface area contributed by atoms with Crippen molar-refractivity contribution in [3.63, 3.8) is 0 Å². The van der Waals surface area contributed by atoms with Gasteiger partial charge in [-0.1, -0.05) is 6.07 Å². The van der Waals surface area contributed by atoms with Crippen molar-refractivity contribution in [2.45, 2.75) is 38.1 Å². The molecule has 1 aromatic rings. The van der Waals surface area contributed by atoms with E-state index < -0.39 is 11.6 Å². The van der Waals surface area contributed by atoms with Crippen molar-refractivity contribution in [2.75, 3.05) is 6.54 Å². The Balaban J connectivity index is 1.74. The maximum absolute atomic E-state index is 13.4. The Hall–Kier alpha value is -1.47. The first kappa shape index (κ1) is 14.0. The van der Waals surface area contributed by atoms with Crippen LogP contribution in [-0.2, 0) is 6.42 Å². The third-order valence-corrected chi connectivity index (χ3v) is 3.75. The highest BCUT2D eigenvalue weighted by molar-refractivity contribution is 5.18. The van der Waals surface area contributed by atoms with Crippen LogP contribution in [0.15, 0.2) is 18.2 Å². The minimum atomic E-state index is -0.538. The van der Waals surface area contributed by atoms with Crippen molar-refractivity contribution < 1.29 is 8.78 Å². The summed E-state index contributed by atoms with van der Waals surface area (Å²) >= 11 is 0. The molecule has 4 heteroatoms. The number of halogens is 2. The molecule has 0 bridgehead atoms. The van der Waals surface area contributed by atoms with Gasteiger partial charge in [-0.05, 0) is 50.3 Å². The van der Waals surface area contributed by atoms with Gasteiger partial charge < -0.3 is 5.32 Å². The molecule has 1 fully saturated rings. The van der Waals surface area contributed by atoms with Crippen molar-refractivity contribution in [1.82, 2.24) is 5.32 Å². The van der Waals surface area contributed by atoms with E-state index in [0.717, 1.165) is 31.7 Å². The van der Waals surface area contributed by atoms with E-state index in [2.05, 4.69) is 11.4 Å². The number of nitrogens with one attached hydrogen (secondary N) is 1. The zero-order chi connectivity index (χ0) is 13.7. The van der Waals surface area contributed by atoms with Gasteiger partial charge in [-0.2, -0.15) is 5.26 Å². The fraction of sp³-hybridized carbons (Fsp3) is 0.533. The molecule has 1 aromatic carbocycles. The van der Waals surface area contributed by atoms with Gasteiger partial charge in [-0.25, -0.2) is 8.78 Å². The molecule has 0 heterocycles. The maximum Gasteiger partial charge on any atom is 0.129 e. The summed E-state index contributed by atoms with van der Waals surface area (Å²) < 4.78 is 26.2. The van der Waals surface area contributed by atoms with Crippen LogP contribution in [0.1, 0.15) is 31.2 Å². The van der Waals surface area contributed by atoms with Crippen LogP contribution in [-0.4, -0.2) is 12.6 Å². The predicted molar refractivity (Wildman–Crippen MR) is 69.4 cm³/mol. The number of benzene rings is 1. The molecule has 0 spiro atoms. The molecular weight excluding hydrogens is 246 g/mol. The minimum absolute atomic E-state index is 0.201. The highest BCUT2D eigenvalue weighted by Crippen LogP contribution is 2.23. The van der Waals surface area contributed by atoms with Gasteiger partial charge in [0.05, 0.1) is 6.07 Å². The lowest BCUT2D eigenvalue weighted by Crippen LogP contribution is -2.34. The normalized spacial score (nSPS) is 23.0. The van der Waals surface area contributed by atoms with Crippen molar-refractivity contribution in [3.05, 3.63) is 35.4 Å². The zero-order valence-corrected chi connectivity index (χ0v) is 10.8. The van der Waals surface area contributed by atoms with E-state index in [4.69, 9.17) is 5.26 Å². The molecule has 1 aliphatic carbocycles. The molecule has 0 radical (unpaired) electrons. The van der Waals surface area contributed by atoms with Gasteiger partial charge in [0.2, 0.25) is 0 Å². The van der Waals surface area contributed by atoms with E-state index in [-0.39, 0.29) is 5.92 Å². The number of nitriles is 1. The van der Waals surface area contributed by atoms with Crippen molar-refractivity contribution >= 4 is 0 Å². The van der Waals surface area contributed by atoms with Crippen molar-refractivity contribution in [1.29, 1.82) is 5.26 Å². The Kier molecular flexibility index (Phi) is 4.86. The standard InChI is InChI=1S/C15H18F2N2/c16-13-4-3-12(15(17)9-13)7-8-19-14-5-1-11(10-18)2-6-14/h3-4,9,11,14,19H,1-2,5-8H2. The van der Waals surface area contributed by atoms with Crippen LogP contribution in [0.25, 0.3) is 0 Å². The second-order valence-corrected chi connectivity index (χ2v) is 5.12. The Labute approximate surface area is 112 Å². The zero-order valence-electron chi connectivity index (χ0n) is 10.8. The Morgan fingerprint density at radius 3 is 2.58 bits per heavy atom. The SMILES string of the molecule is N#CC1CCC(NCCc2ccc(F)cc2F)CC1. The highest BCUT2D eigenvalue weighted by Gasteiger charge is 2.20. The van der Waals surface area contributed by atoms with E-state index in [1.54, 1.807) is 0 Å². The second kappa shape index (κ2) is 6.63. The van der Waals surface area contributed by atoms with Gasteiger partial charge in [0.25, 0.3) is 0 Å². The summed E-state index contributed by atoms with van der Waals surface area (Å²) in [6.45, 7) is 0.685. The fourth-order valence-electron chi connectivity index (χ4n) is 2.56. The summed E-state index contributed by atoms with van der Waals surface area (Å²) in [6.07, 6.45) is 4.46. The largest absolute Gasteiger partial charge is 0.314 e. The van der Waals surface area contributed by atoms with Gasteiger partial charge >= 0.3 is 0 Å². The molecule has 0 atom stereocenters. The molecule has 2 nitrogen and oxygen atoms in total.